The fourth-order valence-corrected chi connectivity index (χ4v) is 2.19. The maximum absolute atomic E-state index is 12.5. The highest BCUT2D eigenvalue weighted by Crippen LogP contribution is 2.20. The van der Waals surface area contributed by atoms with Gasteiger partial charge >= 0.3 is 0 Å². The Kier molecular flexibility index (Phi) is 6.16. The number of hydrogen-bond donors (Lipinski definition) is 1. The van der Waals surface area contributed by atoms with Crippen molar-refractivity contribution in [3.8, 4) is 0 Å². The van der Waals surface area contributed by atoms with Crippen LogP contribution in [0.4, 0.5) is 5.69 Å². The Morgan fingerprint density at radius 2 is 2.05 bits per heavy atom. The number of nitrogens with zero attached hydrogens (tertiary/aromatic N) is 1. The van der Waals surface area contributed by atoms with E-state index in [0.717, 1.165) is 25.8 Å². The molecule has 0 spiro atoms. The van der Waals surface area contributed by atoms with Gasteiger partial charge < -0.3 is 10.6 Å². The number of unbranched alkanes of at least 4 members (excludes halogenated alkanes) is 2. The van der Waals surface area contributed by atoms with Crippen molar-refractivity contribution in [1.82, 2.24) is 4.90 Å². The van der Waals surface area contributed by atoms with E-state index < -0.39 is 0 Å². The Labute approximate surface area is 120 Å². The van der Waals surface area contributed by atoms with E-state index >= 15 is 0 Å². The van der Waals surface area contributed by atoms with Gasteiger partial charge in [-0.25, -0.2) is 0 Å². The molecule has 0 aromatic heterocycles. The molecule has 19 heavy (non-hydrogen) atoms. The Hall–Kier alpha value is -1.22. The van der Waals surface area contributed by atoms with Gasteiger partial charge in [0.25, 0.3) is 5.91 Å². The summed E-state index contributed by atoms with van der Waals surface area (Å²) in [5, 5.41) is 0.552. The molecule has 1 rings (SSSR count). The molecule has 1 amide bonds. The van der Waals surface area contributed by atoms with Crippen LogP contribution in [0.15, 0.2) is 18.2 Å². The summed E-state index contributed by atoms with van der Waals surface area (Å²) in [4.78, 5) is 14.4. The second-order valence-electron chi connectivity index (χ2n) is 5.03. The Morgan fingerprint density at radius 3 is 2.58 bits per heavy atom. The summed E-state index contributed by atoms with van der Waals surface area (Å²) in [6, 6.07) is 5.20. The number of halogens is 1. The van der Waals surface area contributed by atoms with Crippen molar-refractivity contribution in [2.24, 2.45) is 0 Å². The summed E-state index contributed by atoms with van der Waals surface area (Å²) in [6.07, 6.45) is 3.30. The lowest BCUT2D eigenvalue weighted by Crippen LogP contribution is -2.38. The van der Waals surface area contributed by atoms with Crippen LogP contribution in [0.5, 0.6) is 0 Å². The summed E-state index contributed by atoms with van der Waals surface area (Å²) < 4.78 is 0. The molecule has 0 radical (unpaired) electrons. The van der Waals surface area contributed by atoms with Crippen LogP contribution >= 0.6 is 11.6 Å². The molecule has 2 N–H and O–H groups in total. The predicted molar refractivity (Wildman–Crippen MR) is 81.6 cm³/mol. The molecule has 0 saturated heterocycles. The third kappa shape index (κ3) is 4.43. The highest BCUT2D eigenvalue weighted by atomic mass is 35.5. The fourth-order valence-electron chi connectivity index (χ4n) is 2.01. The third-order valence-corrected chi connectivity index (χ3v) is 3.37. The molecule has 0 unspecified atom stereocenters. The van der Waals surface area contributed by atoms with Crippen LogP contribution in [0.3, 0.4) is 0 Å². The van der Waals surface area contributed by atoms with Gasteiger partial charge in [-0.15, -0.1) is 0 Å². The van der Waals surface area contributed by atoms with Crippen LogP contribution in [0.25, 0.3) is 0 Å². The zero-order chi connectivity index (χ0) is 14.4. The van der Waals surface area contributed by atoms with E-state index in [9.17, 15) is 4.79 Å². The van der Waals surface area contributed by atoms with Gasteiger partial charge in [-0.05, 0) is 38.5 Å². The van der Waals surface area contributed by atoms with Crippen molar-refractivity contribution in [3.05, 3.63) is 28.8 Å². The van der Waals surface area contributed by atoms with Crippen LogP contribution in [0.2, 0.25) is 5.02 Å². The highest BCUT2D eigenvalue weighted by molar-refractivity contribution is 6.31. The zero-order valence-corrected chi connectivity index (χ0v) is 12.7. The first-order valence-corrected chi connectivity index (χ1v) is 7.21. The maximum atomic E-state index is 12.5. The molecule has 0 bridgehead atoms. The molecule has 1 aromatic rings. The van der Waals surface area contributed by atoms with E-state index in [1.807, 2.05) is 18.7 Å². The number of nitrogen functional groups attached to an aromatic ring is 1. The van der Waals surface area contributed by atoms with Crippen LogP contribution in [-0.2, 0) is 0 Å². The third-order valence-electron chi connectivity index (χ3n) is 3.13. The van der Waals surface area contributed by atoms with E-state index in [1.54, 1.807) is 18.2 Å². The number of carbonyl (C=O) groups is 1. The van der Waals surface area contributed by atoms with Gasteiger partial charge in [-0.3, -0.25) is 4.79 Å². The van der Waals surface area contributed by atoms with Crippen LogP contribution in [0.1, 0.15) is 50.4 Å². The molecule has 0 saturated carbocycles. The molecular weight excluding hydrogens is 260 g/mol. The van der Waals surface area contributed by atoms with Gasteiger partial charge in [0.1, 0.15) is 0 Å². The lowest BCUT2D eigenvalue weighted by atomic mass is 10.1. The van der Waals surface area contributed by atoms with Gasteiger partial charge in [0.2, 0.25) is 0 Å². The molecule has 0 aliphatic rings. The van der Waals surface area contributed by atoms with Crippen molar-refractivity contribution in [3.63, 3.8) is 0 Å². The van der Waals surface area contributed by atoms with E-state index in [2.05, 4.69) is 6.92 Å². The van der Waals surface area contributed by atoms with Crippen molar-refractivity contribution in [2.45, 2.75) is 46.1 Å². The average Bonchev–Trinajstić information content (AvgIpc) is 2.33. The smallest absolute Gasteiger partial charge is 0.256 e. The Morgan fingerprint density at radius 1 is 1.37 bits per heavy atom. The first-order valence-electron chi connectivity index (χ1n) is 6.83. The number of rotatable bonds is 6. The standard InChI is InChI=1S/C15H23ClN2O/c1-4-5-6-9-18(11(2)3)15(19)13-8-7-12(16)10-14(13)17/h7-8,10-11H,4-6,9,17H2,1-3H3. The topological polar surface area (TPSA) is 46.3 Å². The average molecular weight is 283 g/mol. The van der Waals surface area contributed by atoms with E-state index in [-0.39, 0.29) is 11.9 Å². The lowest BCUT2D eigenvalue weighted by Gasteiger charge is -2.27. The zero-order valence-electron chi connectivity index (χ0n) is 11.9. The summed E-state index contributed by atoms with van der Waals surface area (Å²) in [5.41, 5.74) is 6.86. The van der Waals surface area contributed by atoms with Crippen molar-refractivity contribution >= 4 is 23.2 Å². The number of carbonyl (C=O) groups excluding carboxylic acids is 1. The summed E-state index contributed by atoms with van der Waals surface area (Å²) in [7, 11) is 0. The van der Waals surface area contributed by atoms with E-state index in [1.165, 1.54) is 0 Å². The van der Waals surface area contributed by atoms with Crippen molar-refractivity contribution in [1.29, 1.82) is 0 Å². The largest absolute Gasteiger partial charge is 0.398 e. The number of amides is 1. The molecule has 3 nitrogen and oxygen atoms in total. The van der Waals surface area contributed by atoms with Gasteiger partial charge in [0, 0.05) is 23.3 Å². The van der Waals surface area contributed by atoms with Crippen molar-refractivity contribution in [2.75, 3.05) is 12.3 Å². The van der Waals surface area contributed by atoms with Crippen LogP contribution in [-0.4, -0.2) is 23.4 Å². The van der Waals surface area contributed by atoms with Crippen LogP contribution < -0.4 is 5.73 Å². The van der Waals surface area contributed by atoms with E-state index in [0.29, 0.717) is 16.3 Å². The Bertz CT molecular complexity index is 432. The monoisotopic (exact) mass is 282 g/mol. The second kappa shape index (κ2) is 7.39. The molecular formula is C15H23ClN2O. The summed E-state index contributed by atoms with van der Waals surface area (Å²) in [5.74, 6) is -0.0136. The molecule has 0 aliphatic carbocycles. The minimum absolute atomic E-state index is 0.0136. The summed E-state index contributed by atoms with van der Waals surface area (Å²) >= 11 is 5.86. The highest BCUT2D eigenvalue weighted by Gasteiger charge is 2.20. The lowest BCUT2D eigenvalue weighted by molar-refractivity contribution is 0.0703. The second-order valence-corrected chi connectivity index (χ2v) is 5.47. The van der Waals surface area contributed by atoms with Crippen LogP contribution in [0, 0.1) is 0 Å². The number of anilines is 1. The predicted octanol–water partition coefficient (Wildman–Crippen LogP) is 3.96. The van der Waals surface area contributed by atoms with Gasteiger partial charge in [0.15, 0.2) is 0 Å². The first kappa shape index (κ1) is 15.8. The quantitative estimate of drug-likeness (QED) is 0.634. The SMILES string of the molecule is CCCCCN(C(=O)c1ccc(Cl)cc1N)C(C)C. The molecule has 1 aromatic carbocycles. The molecule has 106 valence electrons. The van der Waals surface area contributed by atoms with Gasteiger partial charge in [-0.2, -0.15) is 0 Å². The molecule has 0 aliphatic heterocycles. The molecule has 4 heteroatoms. The number of hydrogen-bond acceptors (Lipinski definition) is 2. The molecule has 0 heterocycles. The first-order chi connectivity index (χ1) is 8.97. The van der Waals surface area contributed by atoms with Gasteiger partial charge in [0.05, 0.1) is 5.56 Å². The Balaban J connectivity index is 2.86. The molecule has 0 fully saturated rings. The normalized spacial score (nSPS) is 10.8. The number of benzene rings is 1. The number of nitrogens with two attached hydrogens (primary N) is 1. The summed E-state index contributed by atoms with van der Waals surface area (Å²) in [6.45, 7) is 6.97. The minimum Gasteiger partial charge on any atom is -0.398 e. The fraction of sp³-hybridized carbons (Fsp3) is 0.533. The minimum atomic E-state index is -0.0136. The van der Waals surface area contributed by atoms with Crippen molar-refractivity contribution < 1.29 is 4.79 Å². The maximum Gasteiger partial charge on any atom is 0.256 e. The molecule has 0 atom stereocenters. The van der Waals surface area contributed by atoms with Gasteiger partial charge in [-0.1, -0.05) is 31.4 Å². The van der Waals surface area contributed by atoms with E-state index in [4.69, 9.17) is 17.3 Å².